The van der Waals surface area contributed by atoms with Gasteiger partial charge in [0.1, 0.15) is 0 Å². The SMILES string of the molecule is CC(C)C(CN(C)C)NCc1nnnn1-c1ccccc1. The van der Waals surface area contributed by atoms with Crippen LogP contribution in [-0.4, -0.2) is 51.8 Å². The summed E-state index contributed by atoms with van der Waals surface area (Å²) < 4.78 is 1.78. The molecule has 114 valence electrons. The van der Waals surface area contributed by atoms with Gasteiger partial charge in [-0.15, -0.1) is 5.10 Å². The van der Waals surface area contributed by atoms with Crippen LogP contribution in [0, 0.1) is 5.92 Å². The first-order valence-corrected chi connectivity index (χ1v) is 7.28. The van der Waals surface area contributed by atoms with E-state index < -0.39 is 0 Å². The number of benzene rings is 1. The lowest BCUT2D eigenvalue weighted by molar-refractivity contribution is 0.286. The zero-order valence-electron chi connectivity index (χ0n) is 13.2. The predicted octanol–water partition coefficient (Wildman–Crippen LogP) is 1.34. The van der Waals surface area contributed by atoms with E-state index in [0.29, 0.717) is 18.5 Å². The van der Waals surface area contributed by atoms with Crippen LogP contribution in [0.25, 0.3) is 5.69 Å². The number of aromatic nitrogens is 4. The van der Waals surface area contributed by atoms with Crippen LogP contribution >= 0.6 is 0 Å². The fourth-order valence-electron chi connectivity index (χ4n) is 2.21. The van der Waals surface area contributed by atoms with Crippen molar-refractivity contribution >= 4 is 0 Å². The van der Waals surface area contributed by atoms with E-state index in [1.54, 1.807) is 4.68 Å². The van der Waals surface area contributed by atoms with Gasteiger partial charge in [-0.05, 0) is 42.6 Å². The summed E-state index contributed by atoms with van der Waals surface area (Å²) in [5, 5.41) is 15.6. The molecule has 0 spiro atoms. The second kappa shape index (κ2) is 7.28. The van der Waals surface area contributed by atoms with Crippen molar-refractivity contribution in [3.8, 4) is 5.69 Å². The summed E-state index contributed by atoms with van der Waals surface area (Å²) in [5.41, 5.74) is 0.980. The van der Waals surface area contributed by atoms with Crippen LogP contribution < -0.4 is 5.32 Å². The molecule has 0 saturated heterocycles. The van der Waals surface area contributed by atoms with E-state index in [1.165, 1.54) is 0 Å². The lowest BCUT2D eigenvalue weighted by Crippen LogP contribution is -2.42. The molecular weight excluding hydrogens is 264 g/mol. The molecule has 0 fully saturated rings. The number of nitrogens with one attached hydrogen (secondary N) is 1. The predicted molar refractivity (Wildman–Crippen MR) is 83.2 cm³/mol. The van der Waals surface area contributed by atoms with Gasteiger partial charge in [0.2, 0.25) is 0 Å². The van der Waals surface area contributed by atoms with Gasteiger partial charge in [-0.2, -0.15) is 4.68 Å². The van der Waals surface area contributed by atoms with Crippen molar-refractivity contribution in [2.75, 3.05) is 20.6 Å². The van der Waals surface area contributed by atoms with Crippen LogP contribution in [0.4, 0.5) is 0 Å². The Balaban J connectivity index is 2.05. The first-order valence-electron chi connectivity index (χ1n) is 7.28. The van der Waals surface area contributed by atoms with Crippen LogP contribution in [-0.2, 0) is 6.54 Å². The number of para-hydroxylation sites is 1. The molecule has 2 aromatic rings. The molecule has 0 aliphatic heterocycles. The Morgan fingerprint density at radius 1 is 1.19 bits per heavy atom. The van der Waals surface area contributed by atoms with Crippen LogP contribution in [0.5, 0.6) is 0 Å². The Morgan fingerprint density at radius 3 is 2.52 bits per heavy atom. The van der Waals surface area contributed by atoms with Gasteiger partial charge < -0.3 is 10.2 Å². The monoisotopic (exact) mass is 288 g/mol. The zero-order chi connectivity index (χ0) is 15.2. The Kier molecular flexibility index (Phi) is 5.41. The van der Waals surface area contributed by atoms with E-state index in [9.17, 15) is 0 Å². The van der Waals surface area contributed by atoms with Crippen molar-refractivity contribution in [2.45, 2.75) is 26.4 Å². The number of hydrogen-bond donors (Lipinski definition) is 1. The lowest BCUT2D eigenvalue weighted by atomic mass is 10.0. The normalized spacial score (nSPS) is 13.0. The molecule has 0 radical (unpaired) electrons. The van der Waals surface area contributed by atoms with Gasteiger partial charge in [-0.3, -0.25) is 0 Å². The highest BCUT2D eigenvalue weighted by molar-refractivity contribution is 5.30. The summed E-state index contributed by atoms with van der Waals surface area (Å²) in [6.45, 7) is 6.09. The molecule has 1 unspecified atom stereocenters. The number of nitrogens with zero attached hydrogens (tertiary/aromatic N) is 5. The minimum Gasteiger partial charge on any atom is -0.308 e. The second-order valence-electron chi connectivity index (χ2n) is 5.84. The quantitative estimate of drug-likeness (QED) is 0.833. The minimum absolute atomic E-state index is 0.404. The molecule has 2 rings (SSSR count). The van der Waals surface area contributed by atoms with Gasteiger partial charge in [-0.25, -0.2) is 0 Å². The van der Waals surface area contributed by atoms with Crippen LogP contribution in [0.15, 0.2) is 30.3 Å². The van der Waals surface area contributed by atoms with E-state index in [1.807, 2.05) is 30.3 Å². The average Bonchev–Trinajstić information content (AvgIpc) is 2.92. The van der Waals surface area contributed by atoms with Gasteiger partial charge in [0.15, 0.2) is 5.82 Å². The van der Waals surface area contributed by atoms with Gasteiger partial charge in [-0.1, -0.05) is 32.0 Å². The molecule has 1 N–H and O–H groups in total. The number of rotatable bonds is 7. The maximum atomic E-state index is 4.13. The molecule has 0 aliphatic carbocycles. The summed E-state index contributed by atoms with van der Waals surface area (Å²) in [6, 6.07) is 10.4. The average molecular weight is 288 g/mol. The third-order valence-corrected chi connectivity index (χ3v) is 3.42. The van der Waals surface area contributed by atoms with E-state index >= 15 is 0 Å². The summed E-state index contributed by atoms with van der Waals surface area (Å²) in [7, 11) is 4.18. The molecule has 6 nitrogen and oxygen atoms in total. The molecule has 0 aliphatic rings. The van der Waals surface area contributed by atoms with Crippen molar-refractivity contribution in [1.29, 1.82) is 0 Å². The highest BCUT2D eigenvalue weighted by Crippen LogP contribution is 2.08. The molecule has 1 aromatic heterocycles. The molecule has 1 atom stereocenters. The molecule has 1 heterocycles. The first-order chi connectivity index (χ1) is 10.1. The Labute approximate surface area is 126 Å². The van der Waals surface area contributed by atoms with E-state index in [4.69, 9.17) is 0 Å². The highest BCUT2D eigenvalue weighted by atomic mass is 15.5. The van der Waals surface area contributed by atoms with Gasteiger partial charge in [0.25, 0.3) is 0 Å². The summed E-state index contributed by atoms with van der Waals surface area (Å²) in [5.74, 6) is 1.37. The summed E-state index contributed by atoms with van der Waals surface area (Å²) in [6.07, 6.45) is 0. The zero-order valence-corrected chi connectivity index (χ0v) is 13.2. The Bertz CT molecular complexity index is 534. The lowest BCUT2D eigenvalue weighted by Gasteiger charge is -2.25. The maximum Gasteiger partial charge on any atom is 0.170 e. The van der Waals surface area contributed by atoms with Crippen molar-refractivity contribution < 1.29 is 0 Å². The number of tetrazole rings is 1. The smallest absolute Gasteiger partial charge is 0.170 e. The van der Waals surface area contributed by atoms with Crippen LogP contribution in [0.3, 0.4) is 0 Å². The fraction of sp³-hybridized carbons (Fsp3) is 0.533. The Morgan fingerprint density at radius 2 is 1.90 bits per heavy atom. The standard InChI is InChI=1S/C15H24N6/c1-12(2)14(11-20(3)4)16-10-15-17-18-19-21(15)13-8-6-5-7-9-13/h5-9,12,14,16H,10-11H2,1-4H3. The van der Waals surface area contributed by atoms with Crippen molar-refractivity contribution in [3.63, 3.8) is 0 Å². The van der Waals surface area contributed by atoms with Gasteiger partial charge >= 0.3 is 0 Å². The van der Waals surface area contributed by atoms with Crippen LogP contribution in [0.2, 0.25) is 0 Å². The number of likely N-dealkylation sites (N-methyl/N-ethyl adjacent to an activating group) is 1. The molecule has 0 amide bonds. The molecule has 0 bridgehead atoms. The molecule has 0 saturated carbocycles. The second-order valence-corrected chi connectivity index (χ2v) is 5.84. The Hall–Kier alpha value is -1.79. The van der Waals surface area contributed by atoms with Gasteiger partial charge in [0, 0.05) is 12.6 Å². The van der Waals surface area contributed by atoms with E-state index in [0.717, 1.165) is 18.1 Å². The molecule has 6 heteroatoms. The highest BCUT2D eigenvalue weighted by Gasteiger charge is 2.16. The first kappa shape index (κ1) is 15.6. The summed E-state index contributed by atoms with van der Waals surface area (Å²) in [4.78, 5) is 2.19. The minimum atomic E-state index is 0.404. The third kappa shape index (κ3) is 4.34. The maximum absolute atomic E-state index is 4.13. The molecule has 1 aromatic carbocycles. The van der Waals surface area contributed by atoms with Crippen molar-refractivity contribution in [2.24, 2.45) is 5.92 Å². The topological polar surface area (TPSA) is 58.9 Å². The van der Waals surface area contributed by atoms with E-state index in [2.05, 4.69) is 53.7 Å². The molecule has 21 heavy (non-hydrogen) atoms. The van der Waals surface area contributed by atoms with Crippen molar-refractivity contribution in [3.05, 3.63) is 36.2 Å². The molecular formula is C15H24N6. The fourth-order valence-corrected chi connectivity index (χ4v) is 2.21. The summed E-state index contributed by atoms with van der Waals surface area (Å²) >= 11 is 0. The van der Waals surface area contributed by atoms with Crippen molar-refractivity contribution in [1.82, 2.24) is 30.4 Å². The van der Waals surface area contributed by atoms with Crippen LogP contribution in [0.1, 0.15) is 19.7 Å². The third-order valence-electron chi connectivity index (χ3n) is 3.42. The largest absolute Gasteiger partial charge is 0.308 e. The van der Waals surface area contributed by atoms with E-state index in [-0.39, 0.29) is 0 Å². The van der Waals surface area contributed by atoms with Gasteiger partial charge in [0.05, 0.1) is 12.2 Å². The number of hydrogen-bond acceptors (Lipinski definition) is 5.